The van der Waals surface area contributed by atoms with Crippen LogP contribution in [0.5, 0.6) is 0 Å². The van der Waals surface area contributed by atoms with Crippen molar-refractivity contribution in [2.45, 2.75) is 20.4 Å². The molecule has 96 valence electrons. The van der Waals surface area contributed by atoms with Gasteiger partial charge in [0, 0.05) is 10.2 Å². The lowest BCUT2D eigenvalue weighted by Crippen LogP contribution is -2.11. The predicted molar refractivity (Wildman–Crippen MR) is 73.8 cm³/mol. The number of nitrogens with one attached hydrogen (secondary N) is 2. The number of rotatable bonds is 5. The van der Waals surface area contributed by atoms with Gasteiger partial charge in [0.15, 0.2) is 0 Å². The van der Waals surface area contributed by atoms with Crippen molar-refractivity contribution in [2.75, 3.05) is 11.9 Å². The first-order valence-electron chi connectivity index (χ1n) is 5.75. The summed E-state index contributed by atoms with van der Waals surface area (Å²) in [4.78, 5) is 0. The Morgan fingerprint density at radius 3 is 2.89 bits per heavy atom. The first-order chi connectivity index (χ1) is 8.69. The molecule has 0 unspecified atom stereocenters. The summed E-state index contributed by atoms with van der Waals surface area (Å²) in [5.41, 5.74) is 2.06. The zero-order chi connectivity index (χ0) is 13.0. The molecule has 1 heterocycles. The highest BCUT2D eigenvalue weighted by atomic mass is 79.9. The molecule has 5 nitrogen and oxygen atoms in total. The van der Waals surface area contributed by atoms with Crippen LogP contribution in [0.15, 0.2) is 27.1 Å². The lowest BCUT2D eigenvalue weighted by Gasteiger charge is -2.05. The summed E-state index contributed by atoms with van der Waals surface area (Å²) >= 11 is 3.43. The summed E-state index contributed by atoms with van der Waals surface area (Å²) < 4.78 is 6.51. The zero-order valence-corrected chi connectivity index (χ0v) is 11.9. The fraction of sp³-hybridized carbons (Fsp3) is 0.333. The Labute approximate surface area is 114 Å². The van der Waals surface area contributed by atoms with Crippen molar-refractivity contribution >= 4 is 27.6 Å². The summed E-state index contributed by atoms with van der Waals surface area (Å²) in [5, 5.41) is 14.1. The molecule has 1 aromatic carbocycles. The Bertz CT molecular complexity index is 527. The summed E-state index contributed by atoms with van der Waals surface area (Å²) in [5.74, 6) is 0.578. The zero-order valence-electron chi connectivity index (χ0n) is 10.3. The number of hydrogen-bond acceptors (Lipinski definition) is 5. The van der Waals surface area contributed by atoms with Crippen molar-refractivity contribution in [2.24, 2.45) is 0 Å². The number of hydrogen-bond donors (Lipinski definition) is 2. The maximum Gasteiger partial charge on any atom is 0.320 e. The Kier molecular flexibility index (Phi) is 4.33. The van der Waals surface area contributed by atoms with Crippen molar-refractivity contribution in [3.8, 4) is 0 Å². The Balaban J connectivity index is 2.06. The van der Waals surface area contributed by atoms with Crippen molar-refractivity contribution in [1.29, 1.82) is 0 Å². The number of halogens is 1. The molecule has 2 N–H and O–H groups in total. The number of aromatic nitrogens is 2. The first kappa shape index (κ1) is 13.0. The van der Waals surface area contributed by atoms with E-state index < -0.39 is 0 Å². The van der Waals surface area contributed by atoms with E-state index in [0.29, 0.717) is 18.5 Å². The van der Waals surface area contributed by atoms with Crippen LogP contribution in [0.25, 0.3) is 0 Å². The lowest BCUT2D eigenvalue weighted by atomic mass is 10.2. The third-order valence-electron chi connectivity index (χ3n) is 2.42. The van der Waals surface area contributed by atoms with Crippen molar-refractivity contribution in [1.82, 2.24) is 15.5 Å². The molecule has 0 saturated carbocycles. The van der Waals surface area contributed by atoms with E-state index in [0.717, 1.165) is 22.3 Å². The van der Waals surface area contributed by atoms with Crippen LogP contribution in [0.4, 0.5) is 11.7 Å². The van der Waals surface area contributed by atoms with E-state index in [9.17, 15) is 0 Å². The minimum absolute atomic E-state index is 0.410. The second kappa shape index (κ2) is 5.97. The van der Waals surface area contributed by atoms with Gasteiger partial charge in [-0.2, -0.15) is 0 Å². The fourth-order valence-corrected chi connectivity index (χ4v) is 1.97. The molecular weight excluding hydrogens is 296 g/mol. The number of nitrogens with zero attached hydrogens (tertiary/aromatic N) is 2. The van der Waals surface area contributed by atoms with E-state index in [1.54, 1.807) is 0 Å². The molecule has 0 amide bonds. The van der Waals surface area contributed by atoms with E-state index in [1.807, 2.05) is 32.0 Å². The van der Waals surface area contributed by atoms with Crippen molar-refractivity contribution in [3.05, 3.63) is 34.1 Å². The molecule has 1 aromatic heterocycles. The predicted octanol–water partition coefficient (Wildman–Crippen LogP) is 2.99. The van der Waals surface area contributed by atoms with Crippen LogP contribution < -0.4 is 10.6 Å². The largest absolute Gasteiger partial charge is 0.406 e. The SMILES string of the molecule is CCNCc1nnc(Nc2ccc(Br)cc2C)o1. The third-order valence-corrected chi connectivity index (χ3v) is 2.92. The van der Waals surface area contributed by atoms with Crippen molar-refractivity contribution in [3.63, 3.8) is 0 Å². The molecule has 0 bridgehead atoms. The highest BCUT2D eigenvalue weighted by Gasteiger charge is 2.07. The molecule has 0 fully saturated rings. The Hall–Kier alpha value is -1.40. The molecular formula is C12H15BrN4O. The average Bonchev–Trinajstić information content (AvgIpc) is 2.78. The van der Waals surface area contributed by atoms with Crippen LogP contribution in [0.1, 0.15) is 18.4 Å². The lowest BCUT2D eigenvalue weighted by molar-refractivity contribution is 0.484. The van der Waals surface area contributed by atoms with E-state index in [4.69, 9.17) is 4.42 Å². The molecule has 0 aliphatic carbocycles. The number of anilines is 2. The first-order valence-corrected chi connectivity index (χ1v) is 6.54. The summed E-state index contributed by atoms with van der Waals surface area (Å²) in [7, 11) is 0. The third kappa shape index (κ3) is 3.30. The van der Waals surface area contributed by atoms with E-state index in [1.165, 1.54) is 0 Å². The molecule has 0 aliphatic heterocycles. The van der Waals surface area contributed by atoms with Crippen molar-refractivity contribution < 1.29 is 4.42 Å². The second-order valence-electron chi connectivity index (χ2n) is 3.87. The minimum Gasteiger partial charge on any atom is -0.406 e. The van der Waals surface area contributed by atoms with Gasteiger partial charge in [-0.25, -0.2) is 0 Å². The molecule has 2 aromatic rings. The molecule has 0 saturated heterocycles. The highest BCUT2D eigenvalue weighted by molar-refractivity contribution is 9.10. The molecule has 0 atom stereocenters. The van der Waals surface area contributed by atoms with Gasteiger partial charge in [0.25, 0.3) is 0 Å². The Morgan fingerprint density at radius 2 is 2.17 bits per heavy atom. The van der Waals surface area contributed by atoms with Gasteiger partial charge in [0.2, 0.25) is 5.89 Å². The number of benzene rings is 1. The molecule has 2 rings (SSSR count). The molecule has 18 heavy (non-hydrogen) atoms. The molecule has 0 spiro atoms. The maximum atomic E-state index is 5.47. The van der Waals surface area contributed by atoms with Crippen LogP contribution in [-0.4, -0.2) is 16.7 Å². The van der Waals surface area contributed by atoms with Gasteiger partial charge in [-0.15, -0.1) is 5.10 Å². The Morgan fingerprint density at radius 1 is 1.33 bits per heavy atom. The minimum atomic E-state index is 0.410. The van der Waals surface area contributed by atoms with Crippen LogP contribution in [0, 0.1) is 6.92 Å². The topological polar surface area (TPSA) is 63.0 Å². The summed E-state index contributed by atoms with van der Waals surface area (Å²) in [6, 6.07) is 6.37. The second-order valence-corrected chi connectivity index (χ2v) is 4.78. The quantitative estimate of drug-likeness (QED) is 0.889. The normalized spacial score (nSPS) is 10.6. The fourth-order valence-electron chi connectivity index (χ4n) is 1.49. The van der Waals surface area contributed by atoms with Gasteiger partial charge in [0.1, 0.15) is 0 Å². The van der Waals surface area contributed by atoms with Crippen LogP contribution in [-0.2, 0) is 6.54 Å². The van der Waals surface area contributed by atoms with E-state index in [2.05, 4.69) is 36.8 Å². The molecule has 0 radical (unpaired) electrons. The van der Waals surface area contributed by atoms with E-state index in [-0.39, 0.29) is 0 Å². The van der Waals surface area contributed by atoms with Crippen LogP contribution >= 0.6 is 15.9 Å². The van der Waals surface area contributed by atoms with Gasteiger partial charge in [-0.3, -0.25) is 0 Å². The number of aryl methyl sites for hydroxylation is 1. The molecule has 6 heteroatoms. The van der Waals surface area contributed by atoms with Crippen LogP contribution in [0.3, 0.4) is 0 Å². The standard InChI is InChI=1S/C12H15BrN4O/c1-3-14-7-11-16-17-12(18-11)15-10-5-4-9(13)6-8(10)2/h4-6,14H,3,7H2,1-2H3,(H,15,17). The van der Waals surface area contributed by atoms with Gasteiger partial charge in [0.05, 0.1) is 6.54 Å². The average molecular weight is 311 g/mol. The summed E-state index contributed by atoms with van der Waals surface area (Å²) in [6.45, 7) is 5.51. The maximum absolute atomic E-state index is 5.47. The van der Waals surface area contributed by atoms with Gasteiger partial charge >= 0.3 is 6.01 Å². The summed E-state index contributed by atoms with van der Waals surface area (Å²) in [6.07, 6.45) is 0. The van der Waals surface area contributed by atoms with E-state index >= 15 is 0 Å². The van der Waals surface area contributed by atoms with Gasteiger partial charge in [-0.05, 0) is 37.2 Å². The highest BCUT2D eigenvalue weighted by Crippen LogP contribution is 2.23. The molecule has 0 aliphatic rings. The van der Waals surface area contributed by atoms with Crippen LogP contribution in [0.2, 0.25) is 0 Å². The van der Waals surface area contributed by atoms with Gasteiger partial charge < -0.3 is 15.1 Å². The van der Waals surface area contributed by atoms with Gasteiger partial charge in [-0.1, -0.05) is 28.0 Å². The smallest absolute Gasteiger partial charge is 0.320 e. The monoisotopic (exact) mass is 310 g/mol.